The number of hydrogen-bond acceptors (Lipinski definition) is 6. The number of hydrogen-bond donors (Lipinski definition) is 2. The molecule has 1 heterocycles. The quantitative estimate of drug-likeness (QED) is 0.430. The maximum absolute atomic E-state index is 12.1. The minimum atomic E-state index is -0.744. The van der Waals surface area contributed by atoms with Crippen LogP contribution in [0.3, 0.4) is 0 Å². The lowest BCUT2D eigenvalue weighted by Crippen LogP contribution is -2.51. The van der Waals surface area contributed by atoms with E-state index in [4.69, 9.17) is 4.74 Å². The number of H-pyrrole nitrogens is 1. The van der Waals surface area contributed by atoms with Crippen LogP contribution in [-0.2, 0) is 9.53 Å². The maximum Gasteiger partial charge on any atom is 0.326 e. The third-order valence-corrected chi connectivity index (χ3v) is 3.95. The number of carbonyl (C=O) groups is 1. The van der Waals surface area contributed by atoms with Gasteiger partial charge < -0.3 is 15.0 Å². The number of esters is 1. The molecule has 6 nitrogen and oxygen atoms in total. The lowest BCUT2D eigenvalue weighted by atomic mass is 9.96. The number of nitrogens with zero attached hydrogens (tertiary/aromatic N) is 1. The topological polar surface area (TPSA) is 84.1 Å². The van der Waals surface area contributed by atoms with Crippen LogP contribution < -0.4 is 10.9 Å². The highest BCUT2D eigenvalue weighted by molar-refractivity contribution is 7.99. The minimum Gasteiger partial charge on any atom is -0.465 e. The fraction of sp³-hybridized carbons (Fsp3) is 0.643. The molecule has 2 N–H and O–H groups in total. The zero-order chi connectivity index (χ0) is 15.9. The number of thioether (sulfide) groups is 1. The Bertz CT molecular complexity index is 520. The third kappa shape index (κ3) is 5.51. The van der Waals surface area contributed by atoms with E-state index < -0.39 is 5.54 Å². The molecular formula is C14H23N3O3S. The van der Waals surface area contributed by atoms with E-state index in [0.29, 0.717) is 24.7 Å². The molecule has 1 rings (SSSR count). The Morgan fingerprint density at radius 2 is 2.29 bits per heavy atom. The maximum atomic E-state index is 12.1. The molecule has 21 heavy (non-hydrogen) atoms. The molecule has 0 radical (unpaired) electrons. The monoisotopic (exact) mass is 313 g/mol. The molecule has 0 bridgehead atoms. The van der Waals surface area contributed by atoms with Crippen molar-refractivity contribution in [3.8, 4) is 0 Å². The van der Waals surface area contributed by atoms with Gasteiger partial charge in [0.15, 0.2) is 5.16 Å². The molecule has 1 aromatic heterocycles. The van der Waals surface area contributed by atoms with Crippen molar-refractivity contribution < 1.29 is 9.53 Å². The van der Waals surface area contributed by atoms with Gasteiger partial charge in [-0.05, 0) is 26.8 Å². The highest BCUT2D eigenvalue weighted by Gasteiger charge is 2.35. The Labute approximate surface area is 129 Å². The minimum absolute atomic E-state index is 0.0870. The summed E-state index contributed by atoms with van der Waals surface area (Å²) in [6, 6.07) is 1.37. The Morgan fingerprint density at radius 3 is 2.86 bits per heavy atom. The summed E-state index contributed by atoms with van der Waals surface area (Å²) in [7, 11) is 0. The van der Waals surface area contributed by atoms with Gasteiger partial charge in [0, 0.05) is 17.5 Å². The van der Waals surface area contributed by atoms with E-state index in [2.05, 4.69) is 15.3 Å². The molecule has 0 saturated carbocycles. The Morgan fingerprint density at radius 1 is 1.57 bits per heavy atom. The molecule has 0 aromatic carbocycles. The van der Waals surface area contributed by atoms with Crippen molar-refractivity contribution in [3.63, 3.8) is 0 Å². The van der Waals surface area contributed by atoms with Crippen molar-refractivity contribution in [2.24, 2.45) is 0 Å². The van der Waals surface area contributed by atoms with Crippen LogP contribution in [0.4, 0.5) is 0 Å². The van der Waals surface area contributed by atoms with Crippen LogP contribution in [0.15, 0.2) is 22.2 Å². The van der Waals surface area contributed by atoms with Crippen molar-refractivity contribution in [1.29, 1.82) is 0 Å². The number of aromatic nitrogens is 2. The number of carbonyl (C=O) groups excluding carboxylic acids is 1. The average molecular weight is 313 g/mol. The molecular weight excluding hydrogens is 290 g/mol. The summed E-state index contributed by atoms with van der Waals surface area (Å²) >= 11 is 1.43. The van der Waals surface area contributed by atoms with E-state index in [1.165, 1.54) is 24.0 Å². The summed E-state index contributed by atoms with van der Waals surface area (Å²) in [6.45, 7) is 8.60. The third-order valence-electron chi connectivity index (χ3n) is 2.95. The van der Waals surface area contributed by atoms with Crippen LogP contribution in [0, 0.1) is 0 Å². The highest BCUT2D eigenvalue weighted by Crippen LogP contribution is 2.26. The predicted molar refractivity (Wildman–Crippen MR) is 83.5 cm³/mol. The normalized spacial score (nSPS) is 15.2. The molecule has 0 fully saturated rings. The van der Waals surface area contributed by atoms with E-state index in [9.17, 15) is 9.59 Å². The number of likely N-dealkylation sites (N-methyl/N-ethyl adjacent to an activating group) is 1. The van der Waals surface area contributed by atoms with Crippen molar-refractivity contribution >= 4 is 17.7 Å². The Hall–Kier alpha value is -1.34. The van der Waals surface area contributed by atoms with E-state index in [1.807, 2.05) is 20.8 Å². The van der Waals surface area contributed by atoms with E-state index >= 15 is 0 Å². The SMILES string of the molecule is CCNC(C)(CC(C)Sc1nccc(=O)[nH]1)C(=O)OCC. The van der Waals surface area contributed by atoms with E-state index in [-0.39, 0.29) is 16.8 Å². The van der Waals surface area contributed by atoms with Gasteiger partial charge in [0.1, 0.15) is 5.54 Å². The van der Waals surface area contributed by atoms with Crippen molar-refractivity contribution in [3.05, 3.63) is 22.6 Å². The van der Waals surface area contributed by atoms with Gasteiger partial charge in [-0.25, -0.2) is 4.98 Å². The van der Waals surface area contributed by atoms with E-state index in [1.54, 1.807) is 6.92 Å². The Kier molecular flexibility index (Phi) is 6.91. The van der Waals surface area contributed by atoms with Gasteiger partial charge in [-0.3, -0.25) is 9.59 Å². The zero-order valence-electron chi connectivity index (χ0n) is 12.9. The number of rotatable bonds is 8. The summed E-state index contributed by atoms with van der Waals surface area (Å²) in [5.74, 6) is -0.256. The largest absolute Gasteiger partial charge is 0.465 e. The molecule has 0 aliphatic carbocycles. The number of nitrogens with one attached hydrogen (secondary N) is 2. The van der Waals surface area contributed by atoms with Gasteiger partial charge in [-0.2, -0.15) is 0 Å². The molecule has 0 amide bonds. The second-order valence-electron chi connectivity index (χ2n) is 4.95. The van der Waals surface area contributed by atoms with Gasteiger partial charge in [-0.15, -0.1) is 0 Å². The predicted octanol–water partition coefficient (Wildman–Crippen LogP) is 1.57. The molecule has 2 atom stereocenters. The van der Waals surface area contributed by atoms with Gasteiger partial charge in [0.25, 0.3) is 5.56 Å². The average Bonchev–Trinajstić information content (AvgIpc) is 2.38. The first kappa shape index (κ1) is 17.7. The van der Waals surface area contributed by atoms with Crippen molar-refractivity contribution in [2.75, 3.05) is 13.2 Å². The highest BCUT2D eigenvalue weighted by atomic mass is 32.2. The van der Waals surface area contributed by atoms with Crippen molar-refractivity contribution in [1.82, 2.24) is 15.3 Å². The Balaban J connectivity index is 2.74. The summed E-state index contributed by atoms with van der Waals surface area (Å²) in [5.41, 5.74) is -0.925. The van der Waals surface area contributed by atoms with Crippen LogP contribution >= 0.6 is 11.8 Å². The van der Waals surface area contributed by atoms with Crippen LogP contribution in [0.25, 0.3) is 0 Å². The fourth-order valence-corrected chi connectivity index (χ4v) is 3.21. The van der Waals surface area contributed by atoms with Crippen LogP contribution in [0.2, 0.25) is 0 Å². The molecule has 1 aromatic rings. The summed E-state index contributed by atoms with van der Waals surface area (Å²) < 4.78 is 5.15. The zero-order valence-corrected chi connectivity index (χ0v) is 13.8. The molecule has 118 valence electrons. The molecule has 2 unspecified atom stereocenters. The summed E-state index contributed by atoms with van der Waals surface area (Å²) in [4.78, 5) is 30.2. The molecule has 0 aliphatic rings. The standard InChI is InChI=1S/C14H23N3O3S/c1-5-16-14(4,12(19)20-6-2)9-10(3)21-13-15-8-7-11(18)17-13/h7-8,10,16H,5-6,9H2,1-4H3,(H,15,17,18). The molecule has 0 saturated heterocycles. The van der Waals surface area contributed by atoms with Gasteiger partial charge in [0.2, 0.25) is 0 Å². The van der Waals surface area contributed by atoms with Crippen molar-refractivity contribution in [2.45, 2.75) is 50.1 Å². The van der Waals surface area contributed by atoms with Gasteiger partial charge in [-0.1, -0.05) is 25.6 Å². The first-order chi connectivity index (χ1) is 9.91. The van der Waals surface area contributed by atoms with Crippen LogP contribution in [0.1, 0.15) is 34.1 Å². The van der Waals surface area contributed by atoms with Gasteiger partial charge >= 0.3 is 5.97 Å². The first-order valence-electron chi connectivity index (χ1n) is 7.05. The lowest BCUT2D eigenvalue weighted by molar-refractivity contribution is -0.150. The second-order valence-corrected chi connectivity index (χ2v) is 6.38. The molecule has 0 aliphatic heterocycles. The fourth-order valence-electron chi connectivity index (χ4n) is 2.13. The summed E-state index contributed by atoms with van der Waals surface area (Å²) in [6.07, 6.45) is 2.05. The number of ether oxygens (including phenoxy) is 1. The first-order valence-corrected chi connectivity index (χ1v) is 7.93. The van der Waals surface area contributed by atoms with Gasteiger partial charge in [0.05, 0.1) is 6.61 Å². The molecule has 7 heteroatoms. The molecule has 0 spiro atoms. The van der Waals surface area contributed by atoms with Crippen LogP contribution in [0.5, 0.6) is 0 Å². The van der Waals surface area contributed by atoms with E-state index in [0.717, 1.165) is 0 Å². The van der Waals surface area contributed by atoms with Crippen LogP contribution in [-0.4, -0.2) is 39.9 Å². The second kappa shape index (κ2) is 8.19. The summed E-state index contributed by atoms with van der Waals surface area (Å²) in [5, 5.41) is 3.83. The number of aromatic amines is 1. The lowest BCUT2D eigenvalue weighted by Gasteiger charge is -2.30. The smallest absolute Gasteiger partial charge is 0.326 e.